The van der Waals surface area contributed by atoms with Gasteiger partial charge in [0.05, 0.1) is 11.3 Å². The van der Waals surface area contributed by atoms with Crippen molar-refractivity contribution in [1.82, 2.24) is 9.97 Å². The summed E-state index contributed by atoms with van der Waals surface area (Å²) in [4.78, 5) is 29.6. The number of hydrogen-bond donors (Lipinski definition) is 3. The molecule has 0 radical (unpaired) electrons. The Labute approximate surface area is 152 Å². The van der Waals surface area contributed by atoms with Gasteiger partial charge in [-0.3, -0.25) is 9.59 Å². The molecule has 0 aliphatic rings. The lowest BCUT2D eigenvalue weighted by Crippen LogP contribution is -2.23. The summed E-state index contributed by atoms with van der Waals surface area (Å²) >= 11 is 12.2. The van der Waals surface area contributed by atoms with Crippen molar-refractivity contribution in [3.05, 3.63) is 52.4 Å². The van der Waals surface area contributed by atoms with Crippen molar-refractivity contribution in [2.24, 2.45) is 5.73 Å². The molecule has 2 aromatic carbocycles. The van der Waals surface area contributed by atoms with Crippen LogP contribution in [0.25, 0.3) is 10.8 Å². The minimum atomic E-state index is -0.730. The molecule has 7 nitrogen and oxygen atoms in total. The van der Waals surface area contributed by atoms with Gasteiger partial charge in [-0.1, -0.05) is 35.3 Å². The highest BCUT2D eigenvalue weighted by molar-refractivity contribution is 6.39. The molecular formula is C16H12Cl2N4O3. The average molecular weight is 379 g/mol. The summed E-state index contributed by atoms with van der Waals surface area (Å²) in [5.41, 5.74) is 5.18. The van der Waals surface area contributed by atoms with Crippen LogP contribution in [0.3, 0.4) is 0 Å². The Hall–Kier alpha value is -2.77. The first-order chi connectivity index (χ1) is 12.0. The third-order valence-electron chi connectivity index (χ3n) is 3.36. The highest BCUT2D eigenvalue weighted by Gasteiger charge is 2.15. The SMILES string of the molecule is NC(=O)c1[nH]cnc1NC(=O)COc1cccc2cc(Cl)cc(Cl)c12. The minimum absolute atomic E-state index is 0.0104. The van der Waals surface area contributed by atoms with Crippen LogP contribution in [0, 0.1) is 0 Å². The molecule has 0 saturated heterocycles. The standard InChI is InChI=1S/C16H12Cl2N4O3/c17-9-4-8-2-1-3-11(13(8)10(18)5-9)25-6-12(23)22-16-14(15(19)24)20-7-21-16/h1-5,7H,6H2,(H2,19,24)(H,20,21)(H,22,23). The lowest BCUT2D eigenvalue weighted by Gasteiger charge is -2.11. The molecule has 3 aromatic rings. The number of carbonyl (C=O) groups is 2. The zero-order valence-electron chi connectivity index (χ0n) is 12.7. The Balaban J connectivity index is 1.75. The van der Waals surface area contributed by atoms with Gasteiger partial charge in [-0.2, -0.15) is 0 Å². The second-order valence-electron chi connectivity index (χ2n) is 5.07. The molecule has 1 heterocycles. The van der Waals surface area contributed by atoms with E-state index in [-0.39, 0.29) is 18.1 Å². The zero-order valence-corrected chi connectivity index (χ0v) is 14.2. The van der Waals surface area contributed by atoms with Gasteiger partial charge in [0.1, 0.15) is 11.4 Å². The molecule has 0 aliphatic heterocycles. The molecule has 0 saturated carbocycles. The summed E-state index contributed by atoms with van der Waals surface area (Å²) in [5.74, 6) is -0.751. The predicted octanol–water partition coefficient (Wildman–Crippen LogP) is 2.99. The van der Waals surface area contributed by atoms with Gasteiger partial charge in [0.25, 0.3) is 11.8 Å². The third-order valence-corrected chi connectivity index (χ3v) is 3.87. The van der Waals surface area contributed by atoms with Crippen LogP contribution in [0.2, 0.25) is 10.0 Å². The fourth-order valence-corrected chi connectivity index (χ4v) is 2.92. The topological polar surface area (TPSA) is 110 Å². The number of imidazole rings is 1. The van der Waals surface area contributed by atoms with Crippen molar-refractivity contribution in [1.29, 1.82) is 0 Å². The van der Waals surface area contributed by atoms with Gasteiger partial charge < -0.3 is 20.8 Å². The van der Waals surface area contributed by atoms with Crippen molar-refractivity contribution in [3.8, 4) is 5.75 Å². The van der Waals surface area contributed by atoms with Crippen LogP contribution in [0.15, 0.2) is 36.7 Å². The lowest BCUT2D eigenvalue weighted by atomic mass is 10.1. The van der Waals surface area contributed by atoms with Gasteiger partial charge in [0.15, 0.2) is 12.4 Å². The van der Waals surface area contributed by atoms with E-state index in [1.807, 2.05) is 6.07 Å². The van der Waals surface area contributed by atoms with Crippen LogP contribution in [-0.2, 0) is 4.79 Å². The first-order valence-corrected chi connectivity index (χ1v) is 7.85. The number of benzene rings is 2. The number of nitrogens with one attached hydrogen (secondary N) is 2. The molecule has 3 rings (SSSR count). The number of H-pyrrole nitrogens is 1. The molecule has 0 atom stereocenters. The van der Waals surface area contributed by atoms with E-state index in [2.05, 4.69) is 15.3 Å². The summed E-state index contributed by atoms with van der Waals surface area (Å²) in [6, 6.07) is 8.64. The van der Waals surface area contributed by atoms with Gasteiger partial charge in [-0.25, -0.2) is 4.98 Å². The summed E-state index contributed by atoms with van der Waals surface area (Å²) in [7, 11) is 0. The highest BCUT2D eigenvalue weighted by Crippen LogP contribution is 2.34. The number of primary amides is 1. The lowest BCUT2D eigenvalue weighted by molar-refractivity contribution is -0.118. The van der Waals surface area contributed by atoms with Gasteiger partial charge in [-0.05, 0) is 23.6 Å². The molecule has 1 aromatic heterocycles. The highest BCUT2D eigenvalue weighted by atomic mass is 35.5. The number of aromatic amines is 1. The summed E-state index contributed by atoms with van der Waals surface area (Å²) < 4.78 is 5.56. The monoisotopic (exact) mass is 378 g/mol. The van der Waals surface area contributed by atoms with Crippen LogP contribution in [0.4, 0.5) is 5.82 Å². The van der Waals surface area contributed by atoms with Gasteiger partial charge >= 0.3 is 0 Å². The summed E-state index contributed by atoms with van der Waals surface area (Å²) in [6.07, 6.45) is 1.25. The van der Waals surface area contributed by atoms with E-state index < -0.39 is 11.8 Å². The number of rotatable bonds is 5. The maximum atomic E-state index is 12.0. The van der Waals surface area contributed by atoms with E-state index >= 15 is 0 Å². The summed E-state index contributed by atoms with van der Waals surface area (Å²) in [5, 5.41) is 4.82. The predicted molar refractivity (Wildman–Crippen MR) is 95.2 cm³/mol. The van der Waals surface area contributed by atoms with Crippen molar-refractivity contribution < 1.29 is 14.3 Å². The first kappa shape index (κ1) is 17.1. The number of fused-ring (bicyclic) bond motifs is 1. The van der Waals surface area contributed by atoms with Gasteiger partial charge in [0, 0.05) is 10.4 Å². The van der Waals surface area contributed by atoms with Crippen LogP contribution in [0.1, 0.15) is 10.5 Å². The fraction of sp³-hybridized carbons (Fsp3) is 0.0625. The zero-order chi connectivity index (χ0) is 18.0. The number of aromatic nitrogens is 2. The number of hydrogen-bond acceptors (Lipinski definition) is 4. The van der Waals surface area contributed by atoms with Crippen molar-refractivity contribution >= 4 is 51.6 Å². The molecule has 0 unspecified atom stereocenters. The van der Waals surface area contributed by atoms with Crippen molar-refractivity contribution in [2.45, 2.75) is 0 Å². The van der Waals surface area contributed by atoms with Gasteiger partial charge in [-0.15, -0.1) is 0 Å². The van der Waals surface area contributed by atoms with E-state index in [0.29, 0.717) is 21.2 Å². The number of ether oxygens (including phenoxy) is 1. The second-order valence-corrected chi connectivity index (χ2v) is 5.91. The Morgan fingerprint density at radius 1 is 1.28 bits per heavy atom. The molecular weight excluding hydrogens is 367 g/mol. The van der Waals surface area contributed by atoms with E-state index in [1.165, 1.54) is 6.33 Å². The Morgan fingerprint density at radius 3 is 2.84 bits per heavy atom. The summed E-state index contributed by atoms with van der Waals surface area (Å²) in [6.45, 7) is -0.302. The smallest absolute Gasteiger partial charge is 0.269 e. The second kappa shape index (κ2) is 7.00. The Bertz CT molecular complexity index is 971. The van der Waals surface area contributed by atoms with Crippen LogP contribution in [-0.4, -0.2) is 28.4 Å². The quantitative estimate of drug-likeness (QED) is 0.633. The maximum absolute atomic E-state index is 12.0. The third kappa shape index (κ3) is 3.67. The molecule has 9 heteroatoms. The van der Waals surface area contributed by atoms with Crippen LogP contribution in [0.5, 0.6) is 5.75 Å². The van der Waals surface area contributed by atoms with Crippen molar-refractivity contribution in [3.63, 3.8) is 0 Å². The normalized spacial score (nSPS) is 10.6. The first-order valence-electron chi connectivity index (χ1n) is 7.09. The maximum Gasteiger partial charge on any atom is 0.269 e. The number of nitrogens with zero attached hydrogens (tertiary/aromatic N) is 1. The number of halogens is 2. The van der Waals surface area contributed by atoms with Crippen molar-refractivity contribution in [2.75, 3.05) is 11.9 Å². The van der Waals surface area contributed by atoms with E-state index in [4.69, 9.17) is 33.7 Å². The molecule has 0 bridgehead atoms. The number of amides is 2. The Kier molecular flexibility index (Phi) is 4.78. The molecule has 0 aliphatic carbocycles. The van der Waals surface area contributed by atoms with Gasteiger partial charge in [0.2, 0.25) is 0 Å². The molecule has 0 fully saturated rings. The van der Waals surface area contributed by atoms with Crippen LogP contribution < -0.4 is 15.8 Å². The molecule has 4 N–H and O–H groups in total. The molecule has 2 amide bonds. The number of carbonyl (C=O) groups excluding carboxylic acids is 2. The average Bonchev–Trinajstić information content (AvgIpc) is 3.00. The fourth-order valence-electron chi connectivity index (χ4n) is 2.32. The number of anilines is 1. The van der Waals surface area contributed by atoms with E-state index in [0.717, 1.165) is 5.39 Å². The van der Waals surface area contributed by atoms with Crippen LogP contribution >= 0.6 is 23.2 Å². The molecule has 0 spiro atoms. The number of nitrogens with two attached hydrogens (primary N) is 1. The minimum Gasteiger partial charge on any atom is -0.483 e. The Morgan fingerprint density at radius 2 is 2.08 bits per heavy atom. The molecule has 25 heavy (non-hydrogen) atoms. The van der Waals surface area contributed by atoms with E-state index in [9.17, 15) is 9.59 Å². The molecule has 128 valence electrons. The van der Waals surface area contributed by atoms with E-state index in [1.54, 1.807) is 24.3 Å². The largest absolute Gasteiger partial charge is 0.483 e.